The molecule has 18 heavy (non-hydrogen) atoms. The topological polar surface area (TPSA) is 41.1 Å². The molecule has 3 nitrogen and oxygen atoms in total. The molecule has 98 valence electrons. The minimum Gasteiger partial charge on any atom is -0.320 e. The molecule has 0 aliphatic carbocycles. The largest absolute Gasteiger partial charge is 0.320 e. The van der Waals surface area contributed by atoms with E-state index in [-0.39, 0.29) is 0 Å². The van der Waals surface area contributed by atoms with Gasteiger partial charge >= 0.3 is 0 Å². The molecule has 0 aromatic heterocycles. The van der Waals surface area contributed by atoms with Crippen LogP contribution in [0.15, 0.2) is 16.6 Å². The Morgan fingerprint density at radius 2 is 2.06 bits per heavy atom. The van der Waals surface area contributed by atoms with Gasteiger partial charge in [0.05, 0.1) is 5.54 Å². The predicted molar refractivity (Wildman–Crippen MR) is 68.3 cm³/mol. The van der Waals surface area contributed by atoms with Crippen molar-refractivity contribution >= 4 is 27.5 Å². The molecule has 1 aromatic carbocycles. The molecule has 0 saturated carbocycles. The van der Waals surface area contributed by atoms with Gasteiger partial charge in [0.25, 0.3) is 0 Å². The van der Waals surface area contributed by atoms with Crippen molar-refractivity contribution in [1.29, 1.82) is 0 Å². The van der Waals surface area contributed by atoms with Crippen molar-refractivity contribution in [2.45, 2.75) is 25.3 Å². The van der Waals surface area contributed by atoms with Gasteiger partial charge in [-0.25, -0.2) is 8.78 Å². The van der Waals surface area contributed by atoms with E-state index >= 15 is 0 Å². The smallest absolute Gasteiger partial charge is 0.244 e. The van der Waals surface area contributed by atoms with Gasteiger partial charge in [0.1, 0.15) is 5.69 Å². The summed E-state index contributed by atoms with van der Waals surface area (Å²) >= 11 is 2.99. The van der Waals surface area contributed by atoms with Gasteiger partial charge in [-0.15, -0.1) is 0 Å². The van der Waals surface area contributed by atoms with Crippen LogP contribution in [0.25, 0.3) is 0 Å². The number of rotatable bonds is 2. The van der Waals surface area contributed by atoms with Crippen LogP contribution in [0.1, 0.15) is 19.8 Å². The third-order valence-electron chi connectivity index (χ3n) is 3.12. The number of hydrogen-bond acceptors (Lipinski definition) is 2. The zero-order chi connectivity index (χ0) is 13.3. The van der Waals surface area contributed by atoms with Crippen LogP contribution in [-0.2, 0) is 4.79 Å². The molecule has 1 heterocycles. The van der Waals surface area contributed by atoms with E-state index in [9.17, 15) is 13.6 Å². The predicted octanol–water partition coefficient (Wildman–Crippen LogP) is 2.81. The summed E-state index contributed by atoms with van der Waals surface area (Å²) in [6.45, 7) is 2.46. The van der Waals surface area contributed by atoms with Gasteiger partial charge in [-0.2, -0.15) is 0 Å². The van der Waals surface area contributed by atoms with Gasteiger partial charge in [0, 0.05) is 4.47 Å². The number of carbonyl (C=O) groups is 1. The van der Waals surface area contributed by atoms with E-state index in [2.05, 4.69) is 26.6 Å². The fourth-order valence-electron chi connectivity index (χ4n) is 2.00. The molecule has 1 saturated heterocycles. The lowest BCUT2D eigenvalue weighted by Gasteiger charge is -2.23. The second-order valence-electron chi connectivity index (χ2n) is 4.56. The Balaban J connectivity index is 2.22. The van der Waals surface area contributed by atoms with Gasteiger partial charge in [0.2, 0.25) is 5.91 Å². The fourth-order valence-corrected chi connectivity index (χ4v) is 2.40. The Hall–Kier alpha value is -1.01. The van der Waals surface area contributed by atoms with Crippen LogP contribution in [0.3, 0.4) is 0 Å². The van der Waals surface area contributed by atoms with Crippen molar-refractivity contribution in [3.63, 3.8) is 0 Å². The number of nitrogens with one attached hydrogen (secondary N) is 2. The van der Waals surface area contributed by atoms with E-state index in [4.69, 9.17) is 0 Å². The second kappa shape index (κ2) is 4.93. The molecule has 1 amide bonds. The van der Waals surface area contributed by atoms with Gasteiger partial charge < -0.3 is 10.6 Å². The van der Waals surface area contributed by atoms with E-state index in [0.717, 1.165) is 25.1 Å². The summed E-state index contributed by atoms with van der Waals surface area (Å²) in [5.41, 5.74) is -1.16. The maximum atomic E-state index is 13.6. The molecule has 1 fully saturated rings. The Morgan fingerprint density at radius 1 is 1.44 bits per heavy atom. The molecule has 1 aliphatic rings. The van der Waals surface area contributed by atoms with Gasteiger partial charge in [-0.3, -0.25) is 4.79 Å². The normalized spacial score (nSPS) is 23.1. The highest BCUT2D eigenvalue weighted by Crippen LogP contribution is 2.26. The molecule has 2 rings (SSSR count). The van der Waals surface area contributed by atoms with Crippen molar-refractivity contribution in [2.24, 2.45) is 0 Å². The van der Waals surface area contributed by atoms with E-state index in [0.29, 0.717) is 10.9 Å². The van der Waals surface area contributed by atoms with Crippen LogP contribution in [0.2, 0.25) is 0 Å². The quantitative estimate of drug-likeness (QED) is 0.880. The second-order valence-corrected chi connectivity index (χ2v) is 5.48. The third kappa shape index (κ3) is 2.54. The van der Waals surface area contributed by atoms with Crippen molar-refractivity contribution in [2.75, 3.05) is 11.9 Å². The van der Waals surface area contributed by atoms with Crippen LogP contribution >= 0.6 is 15.9 Å². The van der Waals surface area contributed by atoms with Crippen molar-refractivity contribution < 1.29 is 13.6 Å². The summed E-state index contributed by atoms with van der Waals surface area (Å²) in [4.78, 5) is 12.0. The molecule has 1 aromatic rings. The van der Waals surface area contributed by atoms with Crippen molar-refractivity contribution in [1.82, 2.24) is 5.32 Å². The number of anilines is 1. The van der Waals surface area contributed by atoms with Gasteiger partial charge in [-0.1, -0.05) is 15.9 Å². The molecular formula is C12H13BrF2N2O. The number of benzene rings is 1. The van der Waals surface area contributed by atoms with E-state index in [1.807, 2.05) is 0 Å². The first-order valence-electron chi connectivity index (χ1n) is 5.63. The highest BCUT2D eigenvalue weighted by Gasteiger charge is 2.36. The lowest BCUT2D eigenvalue weighted by Crippen LogP contribution is -2.48. The zero-order valence-corrected chi connectivity index (χ0v) is 11.4. The third-order valence-corrected chi connectivity index (χ3v) is 3.57. The highest BCUT2D eigenvalue weighted by atomic mass is 79.9. The standard InChI is InChI=1S/C12H13BrF2N2O/c1-12(3-2-4-16-12)11(18)17-10-8(14)5-7(13)6-9(10)15/h5-6,16H,2-4H2,1H3,(H,17,18). The molecule has 0 bridgehead atoms. The first kappa shape index (κ1) is 13.4. The van der Waals surface area contributed by atoms with Crippen molar-refractivity contribution in [3.8, 4) is 0 Å². The number of amides is 1. The Bertz CT molecular complexity index is 464. The molecule has 0 radical (unpaired) electrons. The van der Waals surface area contributed by atoms with Gasteiger partial charge in [0.15, 0.2) is 11.6 Å². The summed E-state index contributed by atoms with van der Waals surface area (Å²) in [6.07, 6.45) is 1.52. The maximum Gasteiger partial charge on any atom is 0.244 e. The van der Waals surface area contributed by atoms with Crippen LogP contribution in [-0.4, -0.2) is 18.0 Å². The summed E-state index contributed by atoms with van der Waals surface area (Å²) in [6, 6.07) is 2.23. The van der Waals surface area contributed by atoms with Crippen LogP contribution < -0.4 is 10.6 Å². The summed E-state index contributed by atoms with van der Waals surface area (Å²) < 4.78 is 27.4. The molecule has 1 aliphatic heterocycles. The van der Waals surface area contributed by atoms with Crippen LogP contribution in [0, 0.1) is 11.6 Å². The van der Waals surface area contributed by atoms with Gasteiger partial charge in [-0.05, 0) is 38.4 Å². The summed E-state index contributed by atoms with van der Waals surface area (Å²) in [5, 5.41) is 5.35. The first-order valence-corrected chi connectivity index (χ1v) is 6.43. The number of carbonyl (C=O) groups excluding carboxylic acids is 1. The first-order chi connectivity index (χ1) is 8.42. The molecule has 2 N–H and O–H groups in total. The number of halogens is 3. The molecule has 1 unspecified atom stereocenters. The van der Waals surface area contributed by atoms with Crippen LogP contribution in [0.4, 0.5) is 14.5 Å². The Kier molecular flexibility index (Phi) is 3.68. The fraction of sp³-hybridized carbons (Fsp3) is 0.417. The van der Waals surface area contributed by atoms with Crippen molar-refractivity contribution in [3.05, 3.63) is 28.2 Å². The Labute approximate surface area is 112 Å². The highest BCUT2D eigenvalue weighted by molar-refractivity contribution is 9.10. The molecule has 1 atom stereocenters. The Morgan fingerprint density at radius 3 is 2.56 bits per heavy atom. The summed E-state index contributed by atoms with van der Waals surface area (Å²) in [7, 11) is 0. The lowest BCUT2D eigenvalue weighted by molar-refractivity contribution is -0.121. The molecular weight excluding hydrogens is 306 g/mol. The van der Waals surface area contributed by atoms with E-state index in [1.165, 1.54) is 0 Å². The van der Waals surface area contributed by atoms with E-state index < -0.39 is 28.8 Å². The number of hydrogen-bond donors (Lipinski definition) is 2. The molecule has 0 spiro atoms. The molecule has 6 heteroatoms. The summed E-state index contributed by atoms with van der Waals surface area (Å²) in [5.74, 6) is -2.01. The lowest BCUT2D eigenvalue weighted by atomic mass is 9.99. The maximum absolute atomic E-state index is 13.6. The SMILES string of the molecule is CC1(C(=O)Nc2c(F)cc(Br)cc2F)CCCN1. The zero-order valence-electron chi connectivity index (χ0n) is 9.82. The average molecular weight is 319 g/mol. The minimum absolute atomic E-state index is 0.292. The average Bonchev–Trinajstić information content (AvgIpc) is 2.71. The minimum atomic E-state index is -0.795. The van der Waals surface area contributed by atoms with Crippen LogP contribution in [0.5, 0.6) is 0 Å². The van der Waals surface area contributed by atoms with E-state index in [1.54, 1.807) is 6.92 Å². The monoisotopic (exact) mass is 318 g/mol.